The maximum atomic E-state index is 13.2. The zero-order chi connectivity index (χ0) is 18.5. The quantitative estimate of drug-likeness (QED) is 0.381. The molecule has 0 aliphatic heterocycles. The first kappa shape index (κ1) is 17.7. The van der Waals surface area contributed by atoms with Crippen LogP contribution in [0.2, 0.25) is 0 Å². The van der Waals surface area contributed by atoms with Gasteiger partial charge in [0.2, 0.25) is 5.78 Å². The molecule has 4 heteroatoms. The van der Waals surface area contributed by atoms with Gasteiger partial charge >= 0.3 is 0 Å². The van der Waals surface area contributed by atoms with Gasteiger partial charge in [-0.25, -0.2) is 4.98 Å². The lowest BCUT2D eigenvalue weighted by Crippen LogP contribution is -2.28. The second kappa shape index (κ2) is 7.87. The Labute approximate surface area is 163 Å². The van der Waals surface area contributed by atoms with Crippen LogP contribution >= 0.6 is 18.2 Å². The number of carbonyl (C=O) groups excluding carboxylic acids is 1. The Bertz CT molecular complexity index is 972. The maximum absolute atomic E-state index is 13.2. The minimum atomic E-state index is -2.26. The zero-order valence-corrected chi connectivity index (χ0v) is 16.3. The molecule has 0 spiro atoms. The van der Waals surface area contributed by atoms with Crippen molar-refractivity contribution >= 4 is 45.7 Å². The fourth-order valence-electron chi connectivity index (χ4n) is 3.24. The molecule has 0 bridgehead atoms. The standard InChI is InChI=1S/C23H18NOPS/c25-22(23-24-16-17-27-23)18-26(19-10-4-1-5-11-19,20-12-6-2-7-13-20)21-14-8-3-9-15-21/h1-18H. The molecule has 132 valence electrons. The summed E-state index contributed by atoms with van der Waals surface area (Å²) in [6.07, 6.45) is 1.68. The van der Waals surface area contributed by atoms with Gasteiger partial charge in [0, 0.05) is 11.6 Å². The van der Waals surface area contributed by atoms with E-state index in [0.29, 0.717) is 5.01 Å². The summed E-state index contributed by atoms with van der Waals surface area (Å²) in [4.78, 5) is 17.4. The molecule has 0 radical (unpaired) electrons. The van der Waals surface area contributed by atoms with Crippen molar-refractivity contribution in [3.63, 3.8) is 0 Å². The fourth-order valence-corrected chi connectivity index (χ4v) is 7.61. The molecule has 0 aliphatic carbocycles. The predicted octanol–water partition coefficient (Wildman–Crippen LogP) is 4.12. The second-order valence-corrected chi connectivity index (χ2v) is 10.2. The summed E-state index contributed by atoms with van der Waals surface area (Å²) >= 11 is 1.38. The molecule has 0 N–H and O–H groups in total. The molecule has 0 unspecified atom stereocenters. The first-order valence-corrected chi connectivity index (χ1v) is 11.4. The van der Waals surface area contributed by atoms with Crippen LogP contribution in [-0.4, -0.2) is 16.6 Å². The smallest absolute Gasteiger partial charge is 0.215 e. The van der Waals surface area contributed by atoms with Gasteiger partial charge < -0.3 is 0 Å². The fraction of sp³-hybridized carbons (Fsp3) is 0. The van der Waals surface area contributed by atoms with Crippen LogP contribution in [0.3, 0.4) is 0 Å². The third-order valence-corrected chi connectivity index (χ3v) is 9.19. The van der Waals surface area contributed by atoms with Crippen LogP contribution in [0.1, 0.15) is 9.80 Å². The molecule has 0 amide bonds. The normalized spacial score (nSPS) is 11.1. The molecular formula is C23H18NOPS. The summed E-state index contributed by atoms with van der Waals surface area (Å²) in [6, 6.07) is 31.0. The average Bonchev–Trinajstić information content (AvgIpc) is 3.29. The van der Waals surface area contributed by atoms with Crippen LogP contribution < -0.4 is 15.9 Å². The molecule has 0 saturated heterocycles. The van der Waals surface area contributed by atoms with Crippen LogP contribution in [0.15, 0.2) is 103 Å². The summed E-state index contributed by atoms with van der Waals surface area (Å²) in [7, 11) is 0. The van der Waals surface area contributed by atoms with Crippen molar-refractivity contribution in [2.45, 2.75) is 0 Å². The monoisotopic (exact) mass is 387 g/mol. The van der Waals surface area contributed by atoms with E-state index in [-0.39, 0.29) is 5.78 Å². The Morgan fingerprint density at radius 2 is 1.19 bits per heavy atom. The van der Waals surface area contributed by atoms with Crippen LogP contribution in [0.4, 0.5) is 0 Å². The number of thiazole rings is 1. The van der Waals surface area contributed by atoms with E-state index in [0.717, 1.165) is 15.9 Å². The van der Waals surface area contributed by atoms with Gasteiger partial charge in [0.15, 0.2) is 5.01 Å². The molecule has 0 fully saturated rings. The molecule has 0 saturated carbocycles. The lowest BCUT2D eigenvalue weighted by molar-refractivity contribution is 0.107. The van der Waals surface area contributed by atoms with Crippen LogP contribution in [0, 0.1) is 0 Å². The number of ketones is 1. The average molecular weight is 387 g/mol. The molecule has 4 rings (SSSR count). The van der Waals surface area contributed by atoms with Crippen molar-refractivity contribution < 1.29 is 4.79 Å². The van der Waals surface area contributed by atoms with E-state index in [4.69, 9.17) is 0 Å². The Morgan fingerprint density at radius 3 is 1.56 bits per heavy atom. The molecule has 4 aromatic rings. The van der Waals surface area contributed by atoms with Crippen molar-refractivity contribution in [1.82, 2.24) is 4.98 Å². The summed E-state index contributed by atoms with van der Waals surface area (Å²) in [5, 5.41) is 5.85. The van der Waals surface area contributed by atoms with Gasteiger partial charge in [0.05, 0.1) is 0 Å². The summed E-state index contributed by atoms with van der Waals surface area (Å²) < 4.78 is 0. The van der Waals surface area contributed by atoms with E-state index in [9.17, 15) is 4.79 Å². The number of hydrogen-bond acceptors (Lipinski definition) is 3. The molecule has 0 atom stereocenters. The van der Waals surface area contributed by atoms with E-state index in [1.807, 2.05) is 65.8 Å². The maximum Gasteiger partial charge on any atom is 0.215 e. The number of benzene rings is 3. The number of hydrogen-bond donors (Lipinski definition) is 0. The van der Waals surface area contributed by atoms with E-state index in [2.05, 4.69) is 41.4 Å². The van der Waals surface area contributed by atoms with Gasteiger partial charge in [-0.2, -0.15) is 0 Å². The van der Waals surface area contributed by atoms with Crippen molar-refractivity contribution in [1.29, 1.82) is 0 Å². The first-order valence-electron chi connectivity index (χ1n) is 8.66. The van der Waals surface area contributed by atoms with E-state index >= 15 is 0 Å². The molecule has 2 nitrogen and oxygen atoms in total. The Morgan fingerprint density at radius 1 is 0.741 bits per heavy atom. The highest BCUT2D eigenvalue weighted by molar-refractivity contribution is 7.95. The van der Waals surface area contributed by atoms with Crippen LogP contribution in [0.25, 0.3) is 0 Å². The number of carbonyl (C=O) groups is 1. The Balaban J connectivity index is 2.08. The summed E-state index contributed by atoms with van der Waals surface area (Å²) in [5.74, 6) is 1.90. The highest BCUT2D eigenvalue weighted by atomic mass is 32.1. The number of aromatic nitrogens is 1. The number of nitrogens with zero attached hydrogens (tertiary/aromatic N) is 1. The van der Waals surface area contributed by atoms with Gasteiger partial charge in [-0.15, -0.1) is 11.3 Å². The molecule has 0 aliphatic rings. The third-order valence-electron chi connectivity index (χ3n) is 4.44. The lowest BCUT2D eigenvalue weighted by atomic mass is 10.4. The predicted molar refractivity (Wildman–Crippen MR) is 118 cm³/mol. The van der Waals surface area contributed by atoms with Gasteiger partial charge in [-0.3, -0.25) is 4.79 Å². The van der Waals surface area contributed by atoms with Crippen molar-refractivity contribution in [3.8, 4) is 0 Å². The van der Waals surface area contributed by atoms with Gasteiger partial charge in [-0.05, 0) is 28.6 Å². The minimum Gasteiger partial charge on any atom is -0.287 e. The van der Waals surface area contributed by atoms with E-state index in [1.165, 1.54) is 11.3 Å². The molecular weight excluding hydrogens is 369 g/mol. The minimum absolute atomic E-state index is 0.0186. The summed E-state index contributed by atoms with van der Waals surface area (Å²) in [6.45, 7) is -2.26. The SMILES string of the molecule is O=C(C=P(c1ccccc1)(c1ccccc1)c1ccccc1)c1nccs1. The summed E-state index contributed by atoms with van der Waals surface area (Å²) in [5.41, 5.74) is 0. The number of Topliss-reactive ketones (excluding diaryl/α,β-unsaturated/α-hetero) is 1. The highest BCUT2D eigenvalue weighted by Gasteiger charge is 2.26. The van der Waals surface area contributed by atoms with Crippen LogP contribution in [-0.2, 0) is 0 Å². The molecule has 1 heterocycles. The van der Waals surface area contributed by atoms with Crippen molar-refractivity contribution in [2.75, 3.05) is 0 Å². The second-order valence-electron chi connectivity index (χ2n) is 6.06. The molecule has 1 aromatic heterocycles. The lowest BCUT2D eigenvalue weighted by Gasteiger charge is -2.28. The Kier molecular flexibility index (Phi) is 5.15. The Hall–Kier alpha value is -2.74. The van der Waals surface area contributed by atoms with Crippen LogP contribution in [0.5, 0.6) is 0 Å². The van der Waals surface area contributed by atoms with Gasteiger partial charge in [0.1, 0.15) is 0 Å². The van der Waals surface area contributed by atoms with E-state index < -0.39 is 6.89 Å². The zero-order valence-electron chi connectivity index (χ0n) is 14.6. The van der Waals surface area contributed by atoms with Gasteiger partial charge in [0.25, 0.3) is 0 Å². The topological polar surface area (TPSA) is 30.0 Å². The molecule has 3 aromatic carbocycles. The van der Waals surface area contributed by atoms with Crippen molar-refractivity contribution in [2.24, 2.45) is 0 Å². The number of rotatable bonds is 5. The van der Waals surface area contributed by atoms with E-state index in [1.54, 1.807) is 6.20 Å². The first-order chi connectivity index (χ1) is 13.3. The largest absolute Gasteiger partial charge is 0.287 e. The molecule has 27 heavy (non-hydrogen) atoms. The van der Waals surface area contributed by atoms with Gasteiger partial charge in [-0.1, -0.05) is 91.0 Å². The third kappa shape index (κ3) is 3.44. The highest BCUT2D eigenvalue weighted by Crippen LogP contribution is 2.43. The van der Waals surface area contributed by atoms with Crippen molar-refractivity contribution in [3.05, 3.63) is 108 Å².